The van der Waals surface area contributed by atoms with E-state index in [4.69, 9.17) is 10.7 Å². The monoisotopic (exact) mass is 508 g/mol. The molecule has 3 rings (SSSR count). The number of aromatic nitrogens is 3. The molecule has 1 aliphatic carbocycles. The summed E-state index contributed by atoms with van der Waals surface area (Å²) in [6.07, 6.45) is 9.91. The van der Waals surface area contributed by atoms with Crippen LogP contribution in [0.15, 0.2) is 30.6 Å². The summed E-state index contributed by atoms with van der Waals surface area (Å²) in [6.45, 7) is 2.98. The van der Waals surface area contributed by atoms with Gasteiger partial charge in [0.05, 0.1) is 29.8 Å². The first-order chi connectivity index (χ1) is 17.7. The van der Waals surface area contributed by atoms with Crippen LogP contribution < -0.4 is 16.4 Å². The third-order valence-corrected chi connectivity index (χ3v) is 5.81. The number of pyridine rings is 1. The number of primary amides is 1. The molecule has 1 saturated carbocycles. The summed E-state index contributed by atoms with van der Waals surface area (Å²) in [4.78, 5) is 53.2. The second-order valence-electron chi connectivity index (χ2n) is 9.41. The van der Waals surface area contributed by atoms with Crippen molar-refractivity contribution in [3.63, 3.8) is 0 Å². The molecular weight excluding hydrogens is 472 g/mol. The molecule has 0 unspecified atom stereocenters. The summed E-state index contributed by atoms with van der Waals surface area (Å²) in [5.74, 6) is -0.414. The van der Waals surface area contributed by atoms with Gasteiger partial charge in [0, 0.05) is 38.3 Å². The normalized spacial score (nSPS) is 13.1. The molecule has 3 amide bonds. The molecule has 0 radical (unpaired) electrons. The van der Waals surface area contributed by atoms with E-state index in [1.165, 1.54) is 11.0 Å². The topological polar surface area (TPSA) is 146 Å². The quantitative estimate of drug-likeness (QED) is 0.344. The van der Waals surface area contributed by atoms with E-state index in [9.17, 15) is 14.4 Å². The van der Waals surface area contributed by atoms with Crippen LogP contribution in [0.2, 0.25) is 0 Å². The number of carbonyl (C=O) groups excluding carboxylic acids is 3. The van der Waals surface area contributed by atoms with Gasteiger partial charge < -0.3 is 26.2 Å². The van der Waals surface area contributed by atoms with E-state index >= 15 is 0 Å². The summed E-state index contributed by atoms with van der Waals surface area (Å²) in [5, 5.41) is 5.98. The Kier molecular flexibility index (Phi) is 9.67. The van der Waals surface area contributed by atoms with Gasteiger partial charge in [-0.15, -0.1) is 0 Å². The lowest BCUT2D eigenvalue weighted by Gasteiger charge is -2.15. The predicted octanol–water partition coefficient (Wildman–Crippen LogP) is 1.39. The lowest BCUT2D eigenvalue weighted by Crippen LogP contribution is -2.38. The maximum absolute atomic E-state index is 12.3. The van der Waals surface area contributed by atoms with Gasteiger partial charge in [-0.3, -0.25) is 19.4 Å². The van der Waals surface area contributed by atoms with Gasteiger partial charge in [-0.1, -0.05) is 13.0 Å². The fourth-order valence-corrected chi connectivity index (χ4v) is 3.70. The molecule has 37 heavy (non-hydrogen) atoms. The maximum atomic E-state index is 12.3. The predicted molar refractivity (Wildman–Crippen MR) is 141 cm³/mol. The third kappa shape index (κ3) is 8.35. The molecule has 1 aliphatic rings. The zero-order chi connectivity index (χ0) is 26.9. The van der Waals surface area contributed by atoms with Crippen LogP contribution in [0.1, 0.15) is 53.1 Å². The molecule has 198 valence electrons. The summed E-state index contributed by atoms with van der Waals surface area (Å²) in [5.41, 5.74) is 8.92. The van der Waals surface area contributed by atoms with Crippen molar-refractivity contribution in [3.8, 4) is 0 Å². The van der Waals surface area contributed by atoms with Gasteiger partial charge in [-0.2, -0.15) is 0 Å². The highest BCUT2D eigenvalue weighted by atomic mass is 16.2. The number of anilines is 2. The Morgan fingerprint density at radius 1 is 1.16 bits per heavy atom. The first kappa shape index (κ1) is 27.7. The highest BCUT2D eigenvalue weighted by molar-refractivity contribution is 5.96. The lowest BCUT2D eigenvalue weighted by atomic mass is 10.1. The number of nitrogens with two attached hydrogens (primary N) is 1. The Morgan fingerprint density at radius 2 is 1.92 bits per heavy atom. The number of likely N-dealkylation sites (N-methyl/N-ethyl adjacent to an activating group) is 2. The zero-order valence-corrected chi connectivity index (χ0v) is 22.0. The number of hydrogen-bond acceptors (Lipinski definition) is 8. The van der Waals surface area contributed by atoms with Crippen LogP contribution >= 0.6 is 0 Å². The number of rotatable bonds is 13. The van der Waals surface area contributed by atoms with Crippen molar-refractivity contribution in [1.29, 1.82) is 0 Å². The fraction of sp³-hybridized carbons (Fsp3) is 0.462. The largest absolute Gasteiger partial charge is 0.364 e. The van der Waals surface area contributed by atoms with Crippen LogP contribution in [0.3, 0.4) is 0 Å². The minimum Gasteiger partial charge on any atom is -0.364 e. The fourth-order valence-electron chi connectivity index (χ4n) is 3.70. The van der Waals surface area contributed by atoms with Crippen LogP contribution in [-0.4, -0.2) is 83.3 Å². The molecule has 0 aliphatic heterocycles. The Labute approximate surface area is 217 Å². The van der Waals surface area contributed by atoms with Crippen molar-refractivity contribution in [2.75, 3.05) is 46.1 Å². The van der Waals surface area contributed by atoms with E-state index in [0.717, 1.165) is 29.8 Å². The number of nitrogens with one attached hydrogen (secondary N) is 2. The number of aryl methyl sites for hydroxylation is 1. The molecule has 0 aromatic carbocycles. The Hall–Kier alpha value is -3.86. The molecule has 2 aromatic heterocycles. The number of nitrogens with zero attached hydrogens (tertiary/aromatic N) is 5. The summed E-state index contributed by atoms with van der Waals surface area (Å²) < 4.78 is 0. The molecule has 0 bridgehead atoms. The van der Waals surface area contributed by atoms with Gasteiger partial charge in [-0.25, -0.2) is 9.97 Å². The van der Waals surface area contributed by atoms with Crippen molar-refractivity contribution >= 4 is 29.2 Å². The standard InChI is InChI=1S/C26H36N8O3/c1-5-20-23(18-8-9-18)32-26(24(31-20)25(27)37)30-19-13-17(14-28-15-19)10-11-29-21(35)16-34(4)22(36)7-6-12-33(2)3/h6-7,13-15,18H,5,8-12,16H2,1-4H3,(H2,27,37)(H,29,35)(H,30,32)/b7-6+. The van der Waals surface area contributed by atoms with E-state index in [1.54, 1.807) is 25.5 Å². The van der Waals surface area contributed by atoms with Gasteiger partial charge >= 0.3 is 0 Å². The minimum absolute atomic E-state index is 0.0311. The molecule has 0 atom stereocenters. The lowest BCUT2D eigenvalue weighted by molar-refractivity contribution is -0.131. The van der Waals surface area contributed by atoms with E-state index < -0.39 is 5.91 Å². The number of carbonyl (C=O) groups is 3. The molecule has 11 heteroatoms. The SMILES string of the molecule is CCc1nc(C(N)=O)c(Nc2cncc(CCNC(=O)CN(C)C(=O)/C=C/CN(C)C)c2)nc1C1CC1. The Bertz CT molecular complexity index is 1160. The third-order valence-electron chi connectivity index (χ3n) is 5.81. The van der Waals surface area contributed by atoms with Crippen LogP contribution in [0.5, 0.6) is 0 Å². The molecule has 0 saturated heterocycles. The van der Waals surface area contributed by atoms with Crippen LogP contribution in [0, 0.1) is 0 Å². The van der Waals surface area contributed by atoms with E-state index in [-0.39, 0.29) is 24.1 Å². The summed E-state index contributed by atoms with van der Waals surface area (Å²) >= 11 is 0. The van der Waals surface area contributed by atoms with Gasteiger partial charge in [0.2, 0.25) is 11.8 Å². The first-order valence-corrected chi connectivity index (χ1v) is 12.4. The van der Waals surface area contributed by atoms with Crippen molar-refractivity contribution in [2.24, 2.45) is 5.73 Å². The van der Waals surface area contributed by atoms with E-state index in [1.807, 2.05) is 32.0 Å². The van der Waals surface area contributed by atoms with Crippen molar-refractivity contribution in [2.45, 2.75) is 38.5 Å². The van der Waals surface area contributed by atoms with Crippen molar-refractivity contribution < 1.29 is 14.4 Å². The summed E-state index contributed by atoms with van der Waals surface area (Å²) in [6, 6.07) is 1.88. The van der Waals surface area contributed by atoms with Crippen molar-refractivity contribution in [1.82, 2.24) is 30.1 Å². The van der Waals surface area contributed by atoms with Gasteiger partial charge in [0.15, 0.2) is 11.5 Å². The highest BCUT2D eigenvalue weighted by Gasteiger charge is 2.30. The van der Waals surface area contributed by atoms with E-state index in [2.05, 4.69) is 20.6 Å². The average Bonchev–Trinajstić information content (AvgIpc) is 3.69. The summed E-state index contributed by atoms with van der Waals surface area (Å²) in [7, 11) is 5.41. The van der Waals surface area contributed by atoms with Crippen molar-refractivity contribution in [3.05, 3.63) is 53.3 Å². The highest BCUT2D eigenvalue weighted by Crippen LogP contribution is 2.41. The molecule has 0 spiro atoms. The molecule has 2 aromatic rings. The average molecular weight is 509 g/mol. The zero-order valence-electron chi connectivity index (χ0n) is 22.0. The molecule has 11 nitrogen and oxygen atoms in total. The number of amides is 3. The molecule has 2 heterocycles. The molecular formula is C26H36N8O3. The van der Waals surface area contributed by atoms with Gasteiger partial charge in [0.25, 0.3) is 5.91 Å². The van der Waals surface area contributed by atoms with Crippen LogP contribution in [-0.2, 0) is 22.4 Å². The second-order valence-corrected chi connectivity index (χ2v) is 9.41. The van der Waals surface area contributed by atoms with Crippen LogP contribution in [0.4, 0.5) is 11.5 Å². The van der Waals surface area contributed by atoms with Gasteiger partial charge in [0.1, 0.15) is 0 Å². The Balaban J connectivity index is 1.57. The maximum Gasteiger partial charge on any atom is 0.271 e. The van der Waals surface area contributed by atoms with E-state index in [0.29, 0.717) is 43.4 Å². The second kappa shape index (κ2) is 12.9. The Morgan fingerprint density at radius 3 is 2.57 bits per heavy atom. The smallest absolute Gasteiger partial charge is 0.271 e. The first-order valence-electron chi connectivity index (χ1n) is 12.4. The molecule has 4 N–H and O–H groups in total. The number of hydrogen-bond donors (Lipinski definition) is 3. The molecule has 1 fully saturated rings. The van der Waals surface area contributed by atoms with Gasteiger partial charge in [-0.05, 0) is 51.4 Å². The minimum atomic E-state index is -0.643. The van der Waals surface area contributed by atoms with Crippen LogP contribution in [0.25, 0.3) is 0 Å².